The molecule has 150 valence electrons. The molecule has 0 aliphatic rings. The Labute approximate surface area is 169 Å². The SMILES string of the molecule is CN=C(C=C(C)C)CNc1nc(C)nc2ccn(Cc3cccc(C(N)=O)n3)c12. The molecule has 0 atom stereocenters. The first-order chi connectivity index (χ1) is 13.9. The Bertz CT molecular complexity index is 1110. The van der Waals surface area contributed by atoms with E-state index in [0.29, 0.717) is 18.9 Å². The van der Waals surface area contributed by atoms with Gasteiger partial charge < -0.3 is 15.6 Å². The first-order valence-electron chi connectivity index (χ1n) is 9.31. The number of pyridine rings is 1. The maximum Gasteiger partial charge on any atom is 0.267 e. The van der Waals surface area contributed by atoms with E-state index in [1.54, 1.807) is 19.2 Å². The van der Waals surface area contributed by atoms with Crippen molar-refractivity contribution < 1.29 is 4.79 Å². The third-order valence-corrected chi connectivity index (χ3v) is 4.29. The molecule has 8 nitrogen and oxygen atoms in total. The zero-order valence-corrected chi connectivity index (χ0v) is 17.1. The van der Waals surface area contributed by atoms with Gasteiger partial charge in [0.25, 0.3) is 5.91 Å². The van der Waals surface area contributed by atoms with Crippen LogP contribution < -0.4 is 11.1 Å². The normalized spacial score (nSPS) is 11.5. The van der Waals surface area contributed by atoms with E-state index in [1.807, 2.05) is 49.7 Å². The summed E-state index contributed by atoms with van der Waals surface area (Å²) in [4.78, 5) is 29.2. The van der Waals surface area contributed by atoms with E-state index in [9.17, 15) is 4.79 Å². The maximum absolute atomic E-state index is 11.4. The third-order valence-electron chi connectivity index (χ3n) is 4.29. The van der Waals surface area contributed by atoms with Crippen molar-refractivity contribution in [3.63, 3.8) is 0 Å². The summed E-state index contributed by atoms with van der Waals surface area (Å²) < 4.78 is 2.01. The molecule has 3 aromatic heterocycles. The van der Waals surface area contributed by atoms with Gasteiger partial charge in [0.05, 0.1) is 30.0 Å². The number of aryl methyl sites for hydroxylation is 1. The number of nitrogens with zero attached hydrogens (tertiary/aromatic N) is 5. The molecule has 0 saturated heterocycles. The van der Waals surface area contributed by atoms with Gasteiger partial charge in [-0.1, -0.05) is 11.6 Å². The number of aliphatic imine (C=N–C) groups is 1. The van der Waals surface area contributed by atoms with Crippen molar-refractivity contribution in [2.24, 2.45) is 10.7 Å². The summed E-state index contributed by atoms with van der Waals surface area (Å²) in [5.41, 5.74) is 10.1. The van der Waals surface area contributed by atoms with E-state index in [1.165, 1.54) is 5.57 Å². The average Bonchev–Trinajstić information content (AvgIpc) is 3.07. The second kappa shape index (κ2) is 8.64. The molecule has 3 heterocycles. The molecule has 1 amide bonds. The lowest BCUT2D eigenvalue weighted by molar-refractivity contribution is 0.0995. The highest BCUT2D eigenvalue weighted by Crippen LogP contribution is 2.22. The van der Waals surface area contributed by atoms with E-state index in [-0.39, 0.29) is 5.69 Å². The maximum atomic E-state index is 11.4. The van der Waals surface area contributed by atoms with Gasteiger partial charge in [0.2, 0.25) is 0 Å². The lowest BCUT2D eigenvalue weighted by Crippen LogP contribution is -2.16. The van der Waals surface area contributed by atoms with E-state index in [2.05, 4.69) is 25.3 Å². The highest BCUT2D eigenvalue weighted by atomic mass is 16.1. The highest BCUT2D eigenvalue weighted by molar-refractivity contribution is 5.99. The number of anilines is 1. The Balaban J connectivity index is 1.95. The number of nitrogens with two attached hydrogens (primary N) is 1. The van der Waals surface area contributed by atoms with Crippen molar-refractivity contribution in [1.29, 1.82) is 0 Å². The molecule has 3 N–H and O–H groups in total. The lowest BCUT2D eigenvalue weighted by atomic mass is 10.2. The van der Waals surface area contributed by atoms with Crippen molar-refractivity contribution in [2.75, 3.05) is 18.9 Å². The fourth-order valence-electron chi connectivity index (χ4n) is 3.06. The van der Waals surface area contributed by atoms with Crippen LogP contribution in [0.1, 0.15) is 35.9 Å². The Morgan fingerprint density at radius 1 is 1.24 bits per heavy atom. The summed E-state index contributed by atoms with van der Waals surface area (Å²) in [6.45, 7) is 6.96. The van der Waals surface area contributed by atoms with Crippen molar-refractivity contribution in [1.82, 2.24) is 19.5 Å². The van der Waals surface area contributed by atoms with E-state index >= 15 is 0 Å². The molecule has 0 fully saturated rings. The van der Waals surface area contributed by atoms with Crippen LogP contribution in [0.15, 0.2) is 47.1 Å². The Morgan fingerprint density at radius 3 is 2.72 bits per heavy atom. The minimum atomic E-state index is -0.545. The standard InChI is InChI=1S/C21H25N7O/c1-13(2)10-16(23-4)11-24-21-19-17(25-14(3)26-21)8-9-28(19)12-15-6-5-7-18(27-15)20(22)29/h5-10H,11-12H2,1-4H3,(H2,22,29)(H,24,25,26). The molecule has 3 aromatic rings. The van der Waals surface area contributed by atoms with Gasteiger partial charge in [-0.3, -0.25) is 9.79 Å². The molecular formula is C21H25N7O. The number of nitrogens with one attached hydrogen (secondary N) is 1. The number of rotatable bonds is 7. The van der Waals surface area contributed by atoms with Gasteiger partial charge in [-0.25, -0.2) is 15.0 Å². The van der Waals surface area contributed by atoms with Crippen molar-refractivity contribution >= 4 is 28.5 Å². The smallest absolute Gasteiger partial charge is 0.267 e. The predicted molar refractivity (Wildman–Crippen MR) is 115 cm³/mol. The molecular weight excluding hydrogens is 366 g/mol. The molecule has 0 aliphatic heterocycles. The molecule has 0 spiro atoms. The minimum absolute atomic E-state index is 0.245. The summed E-state index contributed by atoms with van der Waals surface area (Å²) >= 11 is 0. The molecule has 0 radical (unpaired) electrons. The van der Waals surface area contributed by atoms with Gasteiger partial charge in [0.1, 0.15) is 17.0 Å². The molecule has 29 heavy (non-hydrogen) atoms. The van der Waals surface area contributed by atoms with Crippen molar-refractivity contribution in [3.05, 3.63) is 59.3 Å². The van der Waals surface area contributed by atoms with E-state index < -0.39 is 5.91 Å². The summed E-state index contributed by atoms with van der Waals surface area (Å²) in [6, 6.07) is 7.18. The monoisotopic (exact) mass is 391 g/mol. The van der Waals surface area contributed by atoms with Crippen LogP contribution in [0, 0.1) is 6.92 Å². The first kappa shape index (κ1) is 20.2. The molecule has 0 aromatic carbocycles. The van der Waals surface area contributed by atoms with Gasteiger partial charge >= 0.3 is 0 Å². The molecule has 0 aliphatic carbocycles. The number of allylic oxidation sites excluding steroid dienone is 1. The fourth-order valence-corrected chi connectivity index (χ4v) is 3.06. The van der Waals surface area contributed by atoms with Crippen molar-refractivity contribution in [2.45, 2.75) is 27.3 Å². The van der Waals surface area contributed by atoms with Crippen LogP contribution in [0.5, 0.6) is 0 Å². The predicted octanol–water partition coefficient (Wildman–Crippen LogP) is 2.73. The van der Waals surface area contributed by atoms with Gasteiger partial charge in [0, 0.05) is 13.2 Å². The quantitative estimate of drug-likeness (QED) is 0.602. The van der Waals surface area contributed by atoms with Gasteiger partial charge in [-0.2, -0.15) is 0 Å². The largest absolute Gasteiger partial charge is 0.364 e. The number of carbonyl (C=O) groups excluding carboxylic acids is 1. The Hall–Kier alpha value is -3.55. The third kappa shape index (κ3) is 4.84. The van der Waals surface area contributed by atoms with Crippen LogP contribution in [0.2, 0.25) is 0 Å². The second-order valence-corrected chi connectivity index (χ2v) is 6.97. The first-order valence-corrected chi connectivity index (χ1v) is 9.31. The molecule has 0 unspecified atom stereocenters. The molecule has 0 saturated carbocycles. The lowest BCUT2D eigenvalue weighted by Gasteiger charge is -2.12. The average molecular weight is 391 g/mol. The van der Waals surface area contributed by atoms with Crippen LogP contribution in [-0.2, 0) is 6.54 Å². The Morgan fingerprint density at radius 2 is 2.03 bits per heavy atom. The van der Waals surface area contributed by atoms with Crippen LogP contribution in [0.3, 0.4) is 0 Å². The summed E-state index contributed by atoms with van der Waals surface area (Å²) in [5, 5.41) is 3.38. The molecule has 3 rings (SSSR count). The van der Waals surface area contributed by atoms with Gasteiger partial charge in [-0.15, -0.1) is 0 Å². The topological polar surface area (TPSA) is 111 Å². The number of hydrogen-bond acceptors (Lipinski definition) is 6. The van der Waals surface area contributed by atoms with Gasteiger partial charge in [0.15, 0.2) is 5.82 Å². The number of fused-ring (bicyclic) bond motifs is 1. The fraction of sp³-hybridized carbons (Fsp3) is 0.286. The number of hydrogen-bond donors (Lipinski definition) is 2. The van der Waals surface area contributed by atoms with E-state index in [0.717, 1.165) is 28.3 Å². The number of aromatic nitrogens is 4. The second-order valence-electron chi connectivity index (χ2n) is 6.97. The summed E-state index contributed by atoms with van der Waals surface area (Å²) in [7, 11) is 1.78. The Kier molecular flexibility index (Phi) is 6.01. The van der Waals surface area contributed by atoms with Crippen LogP contribution in [0.25, 0.3) is 11.0 Å². The summed E-state index contributed by atoms with van der Waals surface area (Å²) in [5.74, 6) is 0.867. The molecule has 8 heteroatoms. The van der Waals surface area contributed by atoms with Crippen LogP contribution in [-0.4, -0.2) is 44.7 Å². The van der Waals surface area contributed by atoms with E-state index in [4.69, 9.17) is 5.73 Å². The molecule has 0 bridgehead atoms. The minimum Gasteiger partial charge on any atom is -0.364 e. The number of primary amides is 1. The number of carbonyl (C=O) groups is 1. The number of amides is 1. The zero-order chi connectivity index (χ0) is 21.0. The van der Waals surface area contributed by atoms with Gasteiger partial charge in [-0.05, 0) is 45.0 Å². The van der Waals surface area contributed by atoms with Crippen LogP contribution >= 0.6 is 0 Å². The van der Waals surface area contributed by atoms with Crippen LogP contribution in [0.4, 0.5) is 5.82 Å². The zero-order valence-electron chi connectivity index (χ0n) is 17.1. The van der Waals surface area contributed by atoms with Crippen molar-refractivity contribution in [3.8, 4) is 0 Å². The summed E-state index contributed by atoms with van der Waals surface area (Å²) in [6.07, 6.45) is 3.98. The highest BCUT2D eigenvalue weighted by Gasteiger charge is 2.13.